The van der Waals surface area contributed by atoms with Crippen molar-refractivity contribution >= 4 is 15.9 Å². The zero-order chi connectivity index (χ0) is 14.7. The van der Waals surface area contributed by atoms with Crippen molar-refractivity contribution in [1.82, 2.24) is 0 Å². The summed E-state index contributed by atoms with van der Waals surface area (Å²) in [7, 11) is 0. The maximum absolute atomic E-state index is 13.4. The zero-order valence-corrected chi connectivity index (χ0v) is 12.8. The van der Waals surface area contributed by atoms with E-state index in [2.05, 4.69) is 15.9 Å². The molecule has 0 aliphatic carbocycles. The smallest absolute Gasteiger partial charge is 0.124 e. The Hall–Kier alpha value is -1.23. The largest absolute Gasteiger partial charge is 0.388 e. The van der Waals surface area contributed by atoms with Crippen LogP contribution in [0.5, 0.6) is 0 Å². The van der Waals surface area contributed by atoms with Crippen molar-refractivity contribution in [3.8, 4) is 0 Å². The molecule has 2 aromatic carbocycles. The minimum Gasteiger partial charge on any atom is -0.388 e. The first-order chi connectivity index (χ1) is 9.51. The highest BCUT2D eigenvalue weighted by Gasteiger charge is 2.22. The van der Waals surface area contributed by atoms with Crippen LogP contribution in [0.4, 0.5) is 4.39 Å². The monoisotopic (exact) mass is 337 g/mol. The second-order valence-electron chi connectivity index (χ2n) is 4.90. The summed E-state index contributed by atoms with van der Waals surface area (Å²) in [6.45, 7) is 2.29. The van der Waals surface area contributed by atoms with Gasteiger partial charge < -0.3 is 10.8 Å². The number of aliphatic hydroxyl groups excluding tert-OH is 1. The van der Waals surface area contributed by atoms with Crippen molar-refractivity contribution in [3.05, 3.63) is 69.4 Å². The van der Waals surface area contributed by atoms with Crippen molar-refractivity contribution in [3.63, 3.8) is 0 Å². The van der Waals surface area contributed by atoms with Crippen LogP contribution < -0.4 is 5.73 Å². The molecule has 2 nitrogen and oxygen atoms in total. The summed E-state index contributed by atoms with van der Waals surface area (Å²) < 4.78 is 14.0. The molecule has 0 aliphatic heterocycles. The second kappa shape index (κ2) is 6.48. The number of rotatable bonds is 4. The molecule has 0 aliphatic rings. The maximum Gasteiger partial charge on any atom is 0.124 e. The number of nitrogens with two attached hydrogens (primary N) is 1. The summed E-state index contributed by atoms with van der Waals surface area (Å²) in [5.41, 5.74) is 8.41. The average molecular weight is 338 g/mol. The summed E-state index contributed by atoms with van der Waals surface area (Å²) in [6.07, 6.45) is -0.838. The third-order valence-electron chi connectivity index (χ3n) is 3.37. The van der Waals surface area contributed by atoms with E-state index in [4.69, 9.17) is 5.73 Å². The molecule has 0 heterocycles. The lowest BCUT2D eigenvalue weighted by Crippen LogP contribution is -2.20. The molecule has 0 radical (unpaired) electrons. The van der Waals surface area contributed by atoms with E-state index in [9.17, 15) is 9.50 Å². The fourth-order valence-corrected chi connectivity index (χ4v) is 2.72. The Labute approximate surface area is 126 Å². The standard InChI is InChI=1S/C16H17BrFNO/c1-10-2-4-11(5-3-10)15(9-19)16(20)12-6-13(17)8-14(18)7-12/h2-8,15-16,20H,9,19H2,1H3. The lowest BCUT2D eigenvalue weighted by atomic mass is 9.89. The third-order valence-corrected chi connectivity index (χ3v) is 3.82. The fraction of sp³-hybridized carbons (Fsp3) is 0.250. The Morgan fingerprint density at radius 1 is 1.15 bits per heavy atom. The molecular weight excluding hydrogens is 321 g/mol. The van der Waals surface area contributed by atoms with Gasteiger partial charge in [-0.1, -0.05) is 45.8 Å². The quantitative estimate of drug-likeness (QED) is 0.893. The van der Waals surface area contributed by atoms with Gasteiger partial charge in [0.15, 0.2) is 0 Å². The van der Waals surface area contributed by atoms with Gasteiger partial charge in [-0.05, 0) is 36.2 Å². The molecule has 2 unspecified atom stereocenters. The topological polar surface area (TPSA) is 46.2 Å². The molecule has 0 bridgehead atoms. The van der Waals surface area contributed by atoms with Gasteiger partial charge in [-0.15, -0.1) is 0 Å². The van der Waals surface area contributed by atoms with Crippen LogP contribution in [-0.2, 0) is 0 Å². The molecule has 106 valence electrons. The van der Waals surface area contributed by atoms with Gasteiger partial charge in [0.25, 0.3) is 0 Å². The lowest BCUT2D eigenvalue weighted by Gasteiger charge is -2.22. The van der Waals surface area contributed by atoms with Crippen LogP contribution in [0.25, 0.3) is 0 Å². The summed E-state index contributed by atoms with van der Waals surface area (Å²) in [5, 5.41) is 10.5. The number of aryl methyl sites for hydroxylation is 1. The van der Waals surface area contributed by atoms with Crippen molar-refractivity contribution in [2.45, 2.75) is 18.9 Å². The Kier molecular flexibility index (Phi) is 4.91. The van der Waals surface area contributed by atoms with Gasteiger partial charge >= 0.3 is 0 Å². The molecular formula is C16H17BrFNO. The SMILES string of the molecule is Cc1ccc(C(CN)C(O)c2cc(F)cc(Br)c2)cc1. The fourth-order valence-electron chi connectivity index (χ4n) is 2.24. The summed E-state index contributed by atoms with van der Waals surface area (Å²) >= 11 is 3.24. The van der Waals surface area contributed by atoms with Gasteiger partial charge in [-0.2, -0.15) is 0 Å². The van der Waals surface area contributed by atoms with E-state index in [1.54, 1.807) is 6.07 Å². The first-order valence-corrected chi connectivity index (χ1v) is 7.21. The van der Waals surface area contributed by atoms with Crippen molar-refractivity contribution in [1.29, 1.82) is 0 Å². The van der Waals surface area contributed by atoms with Crippen LogP contribution in [0.3, 0.4) is 0 Å². The first kappa shape index (κ1) is 15.2. The van der Waals surface area contributed by atoms with E-state index in [0.29, 0.717) is 16.6 Å². The van der Waals surface area contributed by atoms with E-state index in [1.165, 1.54) is 12.1 Å². The molecule has 20 heavy (non-hydrogen) atoms. The molecule has 4 heteroatoms. The van der Waals surface area contributed by atoms with E-state index in [-0.39, 0.29) is 11.7 Å². The Balaban J connectivity index is 2.33. The van der Waals surface area contributed by atoms with Crippen LogP contribution in [0, 0.1) is 12.7 Å². The number of hydrogen-bond donors (Lipinski definition) is 2. The third kappa shape index (κ3) is 3.45. The number of halogens is 2. The minimum atomic E-state index is -0.838. The predicted octanol–water partition coefficient (Wildman–Crippen LogP) is 3.67. The molecule has 0 saturated heterocycles. The predicted molar refractivity (Wildman–Crippen MR) is 82.0 cm³/mol. The highest BCUT2D eigenvalue weighted by molar-refractivity contribution is 9.10. The van der Waals surface area contributed by atoms with Gasteiger partial charge in [0.05, 0.1) is 6.10 Å². The molecule has 0 aromatic heterocycles. The van der Waals surface area contributed by atoms with Crippen LogP contribution in [-0.4, -0.2) is 11.7 Å². The Bertz CT molecular complexity index is 565. The van der Waals surface area contributed by atoms with E-state index in [0.717, 1.165) is 11.1 Å². The Morgan fingerprint density at radius 2 is 1.80 bits per heavy atom. The van der Waals surface area contributed by atoms with Crippen LogP contribution in [0.2, 0.25) is 0 Å². The summed E-state index contributed by atoms with van der Waals surface area (Å²) in [5.74, 6) is -0.641. The molecule has 2 aromatic rings. The molecule has 3 N–H and O–H groups in total. The number of aliphatic hydroxyl groups is 1. The van der Waals surface area contributed by atoms with Gasteiger partial charge in [0, 0.05) is 16.9 Å². The first-order valence-electron chi connectivity index (χ1n) is 6.42. The average Bonchev–Trinajstić information content (AvgIpc) is 2.40. The Morgan fingerprint density at radius 3 is 2.35 bits per heavy atom. The number of benzene rings is 2. The molecule has 0 fully saturated rings. The van der Waals surface area contributed by atoms with Gasteiger partial charge in [0.1, 0.15) is 5.82 Å². The molecule has 0 amide bonds. The number of hydrogen-bond acceptors (Lipinski definition) is 2. The summed E-state index contributed by atoms with van der Waals surface area (Å²) in [6, 6.07) is 12.3. The highest BCUT2D eigenvalue weighted by atomic mass is 79.9. The zero-order valence-electron chi connectivity index (χ0n) is 11.2. The highest BCUT2D eigenvalue weighted by Crippen LogP contribution is 2.32. The van der Waals surface area contributed by atoms with Gasteiger partial charge in [-0.25, -0.2) is 4.39 Å². The molecule has 2 atom stereocenters. The molecule has 0 saturated carbocycles. The van der Waals surface area contributed by atoms with Crippen molar-refractivity contribution < 1.29 is 9.50 Å². The van der Waals surface area contributed by atoms with Crippen LogP contribution >= 0.6 is 15.9 Å². The molecule has 2 rings (SSSR count). The van der Waals surface area contributed by atoms with Crippen LogP contribution in [0.15, 0.2) is 46.9 Å². The van der Waals surface area contributed by atoms with Gasteiger partial charge in [-0.3, -0.25) is 0 Å². The lowest BCUT2D eigenvalue weighted by molar-refractivity contribution is 0.147. The normalized spacial score (nSPS) is 14.1. The van der Waals surface area contributed by atoms with Crippen molar-refractivity contribution in [2.24, 2.45) is 5.73 Å². The van der Waals surface area contributed by atoms with E-state index >= 15 is 0 Å². The van der Waals surface area contributed by atoms with E-state index < -0.39 is 6.10 Å². The maximum atomic E-state index is 13.4. The van der Waals surface area contributed by atoms with Crippen molar-refractivity contribution in [2.75, 3.05) is 6.54 Å². The molecule has 0 spiro atoms. The van der Waals surface area contributed by atoms with E-state index in [1.807, 2.05) is 31.2 Å². The second-order valence-corrected chi connectivity index (χ2v) is 5.82. The van der Waals surface area contributed by atoms with Crippen LogP contribution in [0.1, 0.15) is 28.7 Å². The summed E-state index contributed by atoms with van der Waals surface area (Å²) in [4.78, 5) is 0. The van der Waals surface area contributed by atoms with Gasteiger partial charge in [0.2, 0.25) is 0 Å². The minimum absolute atomic E-state index is 0.260.